The quantitative estimate of drug-likeness (QED) is 0.840. The van der Waals surface area contributed by atoms with Gasteiger partial charge in [-0.3, -0.25) is 4.79 Å². The number of aryl methyl sites for hydroxylation is 1. The van der Waals surface area contributed by atoms with Crippen LogP contribution in [-0.4, -0.2) is 44.6 Å². The SMILES string of the molecule is COc1ccc(CCCN(C)C(=O)C2CNC2)cc1. The lowest BCUT2D eigenvalue weighted by Gasteiger charge is -2.30. The van der Waals surface area contributed by atoms with Gasteiger partial charge in [-0.2, -0.15) is 0 Å². The number of carbonyl (C=O) groups excluding carboxylic acids is 1. The zero-order valence-electron chi connectivity index (χ0n) is 11.7. The smallest absolute Gasteiger partial charge is 0.227 e. The maximum Gasteiger partial charge on any atom is 0.227 e. The summed E-state index contributed by atoms with van der Waals surface area (Å²) < 4.78 is 5.13. The number of carbonyl (C=O) groups is 1. The maximum atomic E-state index is 11.9. The number of hydrogen-bond acceptors (Lipinski definition) is 3. The molecule has 104 valence electrons. The van der Waals surface area contributed by atoms with Crippen LogP contribution in [-0.2, 0) is 11.2 Å². The molecule has 0 atom stereocenters. The van der Waals surface area contributed by atoms with Crippen LogP contribution in [0, 0.1) is 5.92 Å². The molecule has 1 heterocycles. The van der Waals surface area contributed by atoms with Crippen LogP contribution in [0.15, 0.2) is 24.3 Å². The molecular formula is C15H22N2O2. The van der Waals surface area contributed by atoms with Crippen LogP contribution in [0.3, 0.4) is 0 Å². The van der Waals surface area contributed by atoms with E-state index in [0.717, 1.165) is 38.2 Å². The minimum absolute atomic E-state index is 0.200. The second-order valence-electron chi connectivity index (χ2n) is 5.07. The highest BCUT2D eigenvalue weighted by Gasteiger charge is 2.27. The first kappa shape index (κ1) is 13.9. The summed E-state index contributed by atoms with van der Waals surface area (Å²) in [7, 11) is 3.57. The van der Waals surface area contributed by atoms with Gasteiger partial charge in [-0.15, -0.1) is 0 Å². The lowest BCUT2D eigenvalue weighted by atomic mass is 10.0. The standard InChI is InChI=1S/C15H22N2O2/c1-17(15(18)13-10-16-11-13)9-3-4-12-5-7-14(19-2)8-6-12/h5-8,13,16H,3-4,9-11H2,1-2H3. The summed E-state index contributed by atoms with van der Waals surface area (Å²) in [6.07, 6.45) is 1.99. The first-order valence-electron chi connectivity index (χ1n) is 6.79. The number of nitrogens with zero attached hydrogens (tertiary/aromatic N) is 1. The minimum atomic E-state index is 0.200. The summed E-state index contributed by atoms with van der Waals surface area (Å²) >= 11 is 0. The molecule has 1 aliphatic rings. The lowest BCUT2D eigenvalue weighted by Crippen LogP contribution is -2.51. The van der Waals surface area contributed by atoms with Gasteiger partial charge in [0.25, 0.3) is 0 Å². The number of methoxy groups -OCH3 is 1. The van der Waals surface area contributed by atoms with Crippen molar-refractivity contribution in [3.05, 3.63) is 29.8 Å². The molecule has 1 fully saturated rings. The van der Waals surface area contributed by atoms with Crippen molar-refractivity contribution in [2.24, 2.45) is 5.92 Å². The molecule has 0 aromatic heterocycles. The van der Waals surface area contributed by atoms with Crippen molar-refractivity contribution < 1.29 is 9.53 Å². The van der Waals surface area contributed by atoms with Crippen LogP contribution in [0.1, 0.15) is 12.0 Å². The second-order valence-corrected chi connectivity index (χ2v) is 5.07. The predicted octanol–water partition coefficient (Wildman–Crippen LogP) is 1.31. The fraction of sp³-hybridized carbons (Fsp3) is 0.533. The average Bonchev–Trinajstić information content (AvgIpc) is 2.37. The van der Waals surface area contributed by atoms with E-state index >= 15 is 0 Å². The number of ether oxygens (including phenoxy) is 1. The van der Waals surface area contributed by atoms with Crippen LogP contribution in [0.5, 0.6) is 5.75 Å². The fourth-order valence-electron chi connectivity index (χ4n) is 2.20. The summed E-state index contributed by atoms with van der Waals surface area (Å²) in [6, 6.07) is 8.11. The summed E-state index contributed by atoms with van der Waals surface area (Å²) in [5.74, 6) is 1.35. The van der Waals surface area contributed by atoms with E-state index in [4.69, 9.17) is 4.74 Å². The molecule has 0 radical (unpaired) electrons. The van der Waals surface area contributed by atoms with Crippen LogP contribution in [0.25, 0.3) is 0 Å². The molecule has 2 rings (SSSR count). The number of benzene rings is 1. The molecule has 0 aliphatic carbocycles. The number of rotatable bonds is 6. The van der Waals surface area contributed by atoms with Gasteiger partial charge in [0, 0.05) is 26.7 Å². The summed E-state index contributed by atoms with van der Waals surface area (Å²) in [5, 5.41) is 3.13. The summed E-state index contributed by atoms with van der Waals surface area (Å²) in [6.45, 7) is 2.49. The van der Waals surface area contributed by atoms with Gasteiger partial charge in [-0.25, -0.2) is 0 Å². The zero-order chi connectivity index (χ0) is 13.7. The third-order valence-electron chi connectivity index (χ3n) is 3.62. The Morgan fingerprint density at radius 2 is 2.05 bits per heavy atom. The molecule has 1 N–H and O–H groups in total. The Morgan fingerprint density at radius 3 is 2.58 bits per heavy atom. The normalized spacial score (nSPS) is 14.8. The topological polar surface area (TPSA) is 41.6 Å². The van der Waals surface area contributed by atoms with Gasteiger partial charge in [-0.05, 0) is 30.5 Å². The summed E-state index contributed by atoms with van der Waals surface area (Å²) in [5.41, 5.74) is 1.28. The van der Waals surface area contributed by atoms with Gasteiger partial charge in [0.1, 0.15) is 5.75 Å². The van der Waals surface area contributed by atoms with E-state index < -0.39 is 0 Å². The first-order valence-corrected chi connectivity index (χ1v) is 6.79. The van der Waals surface area contributed by atoms with Gasteiger partial charge in [0.15, 0.2) is 0 Å². The molecule has 1 amide bonds. The summed E-state index contributed by atoms with van der Waals surface area (Å²) in [4.78, 5) is 13.8. The molecule has 0 unspecified atom stereocenters. The Kier molecular flexibility index (Phi) is 4.80. The van der Waals surface area contributed by atoms with Crippen LogP contribution in [0.2, 0.25) is 0 Å². The number of amides is 1. The molecule has 0 saturated carbocycles. The van der Waals surface area contributed by atoms with E-state index in [1.54, 1.807) is 7.11 Å². The minimum Gasteiger partial charge on any atom is -0.497 e. The predicted molar refractivity (Wildman–Crippen MR) is 75.3 cm³/mol. The van der Waals surface area contributed by atoms with Crippen LogP contribution < -0.4 is 10.1 Å². The van der Waals surface area contributed by atoms with E-state index in [1.807, 2.05) is 24.1 Å². The van der Waals surface area contributed by atoms with E-state index in [1.165, 1.54) is 5.56 Å². The Hall–Kier alpha value is -1.55. The monoisotopic (exact) mass is 262 g/mol. The van der Waals surface area contributed by atoms with Crippen molar-refractivity contribution >= 4 is 5.91 Å². The Bertz CT molecular complexity index is 413. The molecule has 1 aromatic rings. The van der Waals surface area contributed by atoms with Gasteiger partial charge in [0.2, 0.25) is 5.91 Å². The molecule has 1 aliphatic heterocycles. The van der Waals surface area contributed by atoms with E-state index in [0.29, 0.717) is 0 Å². The zero-order valence-corrected chi connectivity index (χ0v) is 11.7. The molecule has 19 heavy (non-hydrogen) atoms. The highest BCUT2D eigenvalue weighted by molar-refractivity contribution is 5.79. The van der Waals surface area contributed by atoms with Crippen LogP contribution >= 0.6 is 0 Å². The fourth-order valence-corrected chi connectivity index (χ4v) is 2.20. The van der Waals surface area contributed by atoms with Crippen molar-refractivity contribution in [3.63, 3.8) is 0 Å². The Labute approximate surface area is 114 Å². The lowest BCUT2D eigenvalue weighted by molar-refractivity contribution is -0.135. The highest BCUT2D eigenvalue weighted by atomic mass is 16.5. The van der Waals surface area contributed by atoms with E-state index in [2.05, 4.69) is 17.4 Å². The van der Waals surface area contributed by atoms with Gasteiger partial charge < -0.3 is 15.0 Å². The molecule has 4 nitrogen and oxygen atoms in total. The van der Waals surface area contributed by atoms with E-state index in [-0.39, 0.29) is 11.8 Å². The number of hydrogen-bond donors (Lipinski definition) is 1. The molecule has 0 spiro atoms. The van der Waals surface area contributed by atoms with Crippen molar-refractivity contribution in [3.8, 4) is 5.75 Å². The molecule has 1 aromatic carbocycles. The average molecular weight is 262 g/mol. The van der Waals surface area contributed by atoms with Gasteiger partial charge in [-0.1, -0.05) is 12.1 Å². The van der Waals surface area contributed by atoms with Gasteiger partial charge in [0.05, 0.1) is 13.0 Å². The third-order valence-corrected chi connectivity index (χ3v) is 3.62. The van der Waals surface area contributed by atoms with Crippen molar-refractivity contribution in [1.82, 2.24) is 10.2 Å². The molecular weight excluding hydrogens is 240 g/mol. The van der Waals surface area contributed by atoms with Crippen molar-refractivity contribution in [2.45, 2.75) is 12.8 Å². The highest BCUT2D eigenvalue weighted by Crippen LogP contribution is 2.13. The maximum absolute atomic E-state index is 11.9. The molecule has 0 bridgehead atoms. The van der Waals surface area contributed by atoms with Crippen molar-refractivity contribution in [1.29, 1.82) is 0 Å². The largest absolute Gasteiger partial charge is 0.497 e. The molecule has 1 saturated heterocycles. The Morgan fingerprint density at radius 1 is 1.37 bits per heavy atom. The second kappa shape index (κ2) is 6.57. The van der Waals surface area contributed by atoms with Crippen molar-refractivity contribution in [2.75, 3.05) is 33.8 Å². The first-order chi connectivity index (χ1) is 9.20. The molecule has 4 heteroatoms. The van der Waals surface area contributed by atoms with Gasteiger partial charge >= 0.3 is 0 Å². The van der Waals surface area contributed by atoms with E-state index in [9.17, 15) is 4.79 Å². The third kappa shape index (κ3) is 3.70. The van der Waals surface area contributed by atoms with Crippen LogP contribution in [0.4, 0.5) is 0 Å². The number of nitrogens with one attached hydrogen (secondary N) is 1. The Balaban J connectivity index is 1.71.